The summed E-state index contributed by atoms with van der Waals surface area (Å²) in [6.07, 6.45) is 3.00. The monoisotopic (exact) mass is 410 g/mol. The number of hydrogen-bond acceptors (Lipinski definition) is 5. The summed E-state index contributed by atoms with van der Waals surface area (Å²) in [4.78, 5) is 24.5. The highest BCUT2D eigenvalue weighted by atomic mass is 19.1. The molecule has 0 fully saturated rings. The number of aromatic nitrogens is 1. The van der Waals surface area contributed by atoms with Crippen molar-refractivity contribution in [2.45, 2.75) is 25.8 Å². The van der Waals surface area contributed by atoms with E-state index in [1.807, 2.05) is 37.3 Å². The number of hydrogen-bond donors (Lipinski definition) is 3. The number of nitrogen functional groups attached to an aromatic ring is 1. The Morgan fingerprint density at radius 3 is 2.77 bits per heavy atom. The molecule has 0 aliphatic carbocycles. The van der Waals surface area contributed by atoms with Gasteiger partial charge in [-0.05, 0) is 25.3 Å². The van der Waals surface area contributed by atoms with Crippen molar-refractivity contribution in [3.05, 3.63) is 63.7 Å². The van der Waals surface area contributed by atoms with Crippen LogP contribution in [0.3, 0.4) is 0 Å². The van der Waals surface area contributed by atoms with Crippen LogP contribution in [0.25, 0.3) is 10.9 Å². The van der Waals surface area contributed by atoms with E-state index in [4.69, 9.17) is 16.2 Å². The molecule has 30 heavy (non-hydrogen) atoms. The zero-order valence-corrected chi connectivity index (χ0v) is 16.6. The number of carbonyl (C=O) groups excluding carboxylic acids is 1. The lowest BCUT2D eigenvalue weighted by Gasteiger charge is -2.29. The van der Waals surface area contributed by atoms with Crippen molar-refractivity contribution in [3.63, 3.8) is 0 Å². The SMILES string of the molecule is C[C@H]1COc2c(NCCCc3ccccc3)c(F)c(N)c3c(=O)c(C(N)=O)cn1c23. The third-order valence-corrected chi connectivity index (χ3v) is 5.40. The maximum absolute atomic E-state index is 15.2. The maximum Gasteiger partial charge on any atom is 0.254 e. The summed E-state index contributed by atoms with van der Waals surface area (Å²) >= 11 is 0. The van der Waals surface area contributed by atoms with Crippen molar-refractivity contribution in [2.24, 2.45) is 5.73 Å². The minimum atomic E-state index is -0.881. The molecule has 1 atom stereocenters. The zero-order chi connectivity index (χ0) is 21.4. The molecule has 0 spiro atoms. The number of benzene rings is 2. The van der Waals surface area contributed by atoms with Crippen molar-refractivity contribution in [3.8, 4) is 5.75 Å². The third kappa shape index (κ3) is 3.24. The van der Waals surface area contributed by atoms with Crippen molar-refractivity contribution in [1.82, 2.24) is 4.57 Å². The minimum Gasteiger partial charge on any atom is -0.487 e. The summed E-state index contributed by atoms with van der Waals surface area (Å²) < 4.78 is 22.7. The van der Waals surface area contributed by atoms with Crippen LogP contribution >= 0.6 is 0 Å². The number of rotatable bonds is 6. The fraction of sp³-hybridized carbons (Fsp3) is 0.273. The summed E-state index contributed by atoms with van der Waals surface area (Å²) in [7, 11) is 0. The number of anilines is 2. The van der Waals surface area contributed by atoms with Crippen molar-refractivity contribution < 1.29 is 13.9 Å². The van der Waals surface area contributed by atoms with Crippen LogP contribution in [0.2, 0.25) is 0 Å². The second-order valence-electron chi connectivity index (χ2n) is 7.47. The summed E-state index contributed by atoms with van der Waals surface area (Å²) in [5.41, 5.74) is 11.8. The van der Waals surface area contributed by atoms with Gasteiger partial charge in [0.1, 0.15) is 17.9 Å². The first-order chi connectivity index (χ1) is 14.4. The first-order valence-corrected chi connectivity index (χ1v) is 9.80. The molecule has 1 amide bonds. The molecule has 2 aromatic carbocycles. The number of carbonyl (C=O) groups is 1. The molecule has 1 aromatic heterocycles. The molecule has 2 heterocycles. The van der Waals surface area contributed by atoms with Gasteiger partial charge in [-0.25, -0.2) is 4.39 Å². The molecule has 156 valence electrons. The average molecular weight is 410 g/mol. The van der Waals surface area contributed by atoms with E-state index in [9.17, 15) is 9.59 Å². The highest BCUT2D eigenvalue weighted by Crippen LogP contribution is 2.43. The van der Waals surface area contributed by atoms with Crippen molar-refractivity contribution >= 4 is 28.2 Å². The number of nitrogens with one attached hydrogen (secondary N) is 1. The number of ether oxygens (including phenoxy) is 1. The van der Waals surface area contributed by atoms with Gasteiger partial charge in [0, 0.05) is 12.7 Å². The van der Waals surface area contributed by atoms with E-state index in [1.54, 1.807) is 4.57 Å². The zero-order valence-electron chi connectivity index (χ0n) is 16.6. The van der Waals surface area contributed by atoms with Gasteiger partial charge < -0.3 is 26.1 Å². The van der Waals surface area contributed by atoms with Crippen LogP contribution in [0.4, 0.5) is 15.8 Å². The van der Waals surface area contributed by atoms with Crippen LogP contribution in [0, 0.1) is 5.82 Å². The molecule has 0 radical (unpaired) electrons. The molecular weight excluding hydrogens is 387 g/mol. The lowest BCUT2D eigenvalue weighted by molar-refractivity contribution is 0.0998. The molecule has 1 aliphatic rings. The first-order valence-electron chi connectivity index (χ1n) is 9.80. The van der Waals surface area contributed by atoms with Gasteiger partial charge in [-0.3, -0.25) is 9.59 Å². The second kappa shape index (κ2) is 7.70. The summed E-state index contributed by atoms with van der Waals surface area (Å²) in [5, 5.41) is 3.00. The fourth-order valence-electron chi connectivity index (χ4n) is 3.83. The van der Waals surface area contributed by atoms with E-state index >= 15 is 4.39 Å². The van der Waals surface area contributed by atoms with Crippen molar-refractivity contribution in [1.29, 1.82) is 0 Å². The fourth-order valence-corrected chi connectivity index (χ4v) is 3.83. The Bertz CT molecular complexity index is 1190. The van der Waals surface area contributed by atoms with Gasteiger partial charge >= 0.3 is 0 Å². The standard InChI is InChI=1S/C22H23FN4O3/c1-12-11-30-21-18(26-9-5-8-13-6-3-2-4-7-13)16(23)17(24)15-19(21)27(12)10-14(20(15)28)22(25)29/h2-4,6-7,10,12,26H,5,8-9,11,24H2,1H3,(H2,25,29)/t12-/m0/s1. The smallest absolute Gasteiger partial charge is 0.254 e. The third-order valence-electron chi connectivity index (χ3n) is 5.40. The molecule has 0 saturated carbocycles. The number of amides is 1. The number of aryl methyl sites for hydroxylation is 1. The topological polar surface area (TPSA) is 112 Å². The normalized spacial score (nSPS) is 15.1. The number of primary amides is 1. The van der Waals surface area contributed by atoms with Gasteiger partial charge in [0.05, 0.1) is 22.6 Å². The van der Waals surface area contributed by atoms with Gasteiger partial charge in [-0.2, -0.15) is 0 Å². The molecule has 4 rings (SSSR count). The summed E-state index contributed by atoms with van der Waals surface area (Å²) in [6, 6.07) is 9.81. The largest absolute Gasteiger partial charge is 0.487 e. The van der Waals surface area contributed by atoms with E-state index in [0.29, 0.717) is 12.1 Å². The average Bonchev–Trinajstić information content (AvgIpc) is 2.73. The van der Waals surface area contributed by atoms with Crippen LogP contribution in [0.5, 0.6) is 5.75 Å². The van der Waals surface area contributed by atoms with E-state index in [0.717, 1.165) is 12.8 Å². The van der Waals surface area contributed by atoms with E-state index < -0.39 is 17.2 Å². The van der Waals surface area contributed by atoms with Gasteiger partial charge in [-0.15, -0.1) is 0 Å². The molecule has 0 bridgehead atoms. The molecule has 8 heteroatoms. The number of halogens is 1. The minimum absolute atomic E-state index is 0.0832. The van der Waals surface area contributed by atoms with Crippen LogP contribution in [-0.4, -0.2) is 23.6 Å². The Morgan fingerprint density at radius 2 is 2.07 bits per heavy atom. The Kier molecular flexibility index (Phi) is 5.07. The molecule has 1 aliphatic heterocycles. The van der Waals surface area contributed by atoms with Crippen LogP contribution in [0.1, 0.15) is 35.3 Å². The maximum atomic E-state index is 15.2. The molecule has 3 aromatic rings. The summed E-state index contributed by atoms with van der Waals surface area (Å²) in [5.74, 6) is -1.42. The highest BCUT2D eigenvalue weighted by Gasteiger charge is 2.30. The molecule has 0 unspecified atom stereocenters. The predicted molar refractivity (Wildman–Crippen MR) is 115 cm³/mol. The van der Waals surface area contributed by atoms with Crippen molar-refractivity contribution in [2.75, 3.05) is 24.2 Å². The van der Waals surface area contributed by atoms with Crippen LogP contribution in [0.15, 0.2) is 41.3 Å². The quantitative estimate of drug-likeness (QED) is 0.427. The lowest BCUT2D eigenvalue weighted by atomic mass is 10.0. The molecule has 7 nitrogen and oxygen atoms in total. The van der Waals surface area contributed by atoms with Gasteiger partial charge in [0.2, 0.25) is 5.43 Å². The molecule has 5 N–H and O–H groups in total. The van der Waals surface area contributed by atoms with Gasteiger partial charge in [0.25, 0.3) is 5.91 Å². The molecule has 0 saturated heterocycles. The van der Waals surface area contributed by atoms with E-state index in [2.05, 4.69) is 5.32 Å². The number of nitrogens with two attached hydrogens (primary N) is 2. The lowest BCUT2D eigenvalue weighted by Crippen LogP contribution is -2.30. The Labute approximate surface area is 172 Å². The number of nitrogens with zero attached hydrogens (tertiary/aromatic N) is 1. The van der Waals surface area contributed by atoms with Gasteiger partial charge in [0.15, 0.2) is 11.6 Å². The van der Waals surface area contributed by atoms with Crippen LogP contribution < -0.4 is 26.9 Å². The molecular formula is C22H23FN4O3. The Hall–Kier alpha value is -3.55. The van der Waals surface area contributed by atoms with Crippen LogP contribution in [-0.2, 0) is 6.42 Å². The Morgan fingerprint density at radius 1 is 1.33 bits per heavy atom. The second-order valence-corrected chi connectivity index (χ2v) is 7.47. The van der Waals surface area contributed by atoms with E-state index in [-0.39, 0.29) is 40.7 Å². The predicted octanol–water partition coefficient (Wildman–Crippen LogP) is 2.82. The highest BCUT2D eigenvalue weighted by molar-refractivity contribution is 6.04. The first kappa shape index (κ1) is 19.8. The summed E-state index contributed by atoms with van der Waals surface area (Å²) in [6.45, 7) is 2.61. The Balaban J connectivity index is 1.75. The van der Waals surface area contributed by atoms with Gasteiger partial charge in [-0.1, -0.05) is 30.3 Å². The number of pyridine rings is 1. The van der Waals surface area contributed by atoms with E-state index in [1.165, 1.54) is 11.8 Å².